The molecule has 2 rings (SSSR count). The van der Waals surface area contributed by atoms with Gasteiger partial charge in [0.15, 0.2) is 18.2 Å². The second-order valence-corrected chi connectivity index (χ2v) is 4.91. The molecule has 0 aliphatic rings. The third kappa shape index (κ3) is 4.23. The van der Waals surface area contributed by atoms with Crippen LogP contribution in [-0.4, -0.2) is 24.8 Å². The van der Waals surface area contributed by atoms with Gasteiger partial charge in [0.1, 0.15) is 0 Å². The first-order valence-electron chi connectivity index (χ1n) is 6.98. The molecule has 0 unspecified atom stereocenters. The van der Waals surface area contributed by atoms with Crippen LogP contribution in [0, 0.1) is 0 Å². The number of hydrogen-bond acceptors (Lipinski definition) is 4. The standard InChI is InChI=1S/C17H16N2O4/c1-12(20)13-6-5-9-19(10-13)11-16(21)18-15-8-4-3-7-14(15)17(22)23-2/h3-10H,11H2,1-2H3/p+1. The highest BCUT2D eigenvalue weighted by Gasteiger charge is 2.16. The molecule has 6 heteroatoms. The minimum atomic E-state index is -0.521. The number of rotatable bonds is 5. The van der Waals surface area contributed by atoms with Crippen molar-refractivity contribution in [1.29, 1.82) is 0 Å². The molecule has 118 valence electrons. The summed E-state index contributed by atoms with van der Waals surface area (Å²) in [6.07, 6.45) is 3.30. The molecule has 1 aromatic heterocycles. The summed E-state index contributed by atoms with van der Waals surface area (Å²) in [7, 11) is 1.28. The molecule has 0 spiro atoms. The molecule has 1 N–H and O–H groups in total. The predicted molar refractivity (Wildman–Crippen MR) is 83.1 cm³/mol. The average Bonchev–Trinajstić information content (AvgIpc) is 2.54. The number of methoxy groups -OCH3 is 1. The van der Waals surface area contributed by atoms with Crippen LogP contribution in [0.5, 0.6) is 0 Å². The number of pyridine rings is 1. The Morgan fingerprint density at radius 1 is 1.13 bits per heavy atom. The lowest BCUT2D eigenvalue weighted by Gasteiger charge is -2.08. The molecule has 0 fully saturated rings. The summed E-state index contributed by atoms with van der Waals surface area (Å²) in [6.45, 7) is 1.49. The van der Waals surface area contributed by atoms with E-state index in [1.54, 1.807) is 53.4 Å². The number of hydrogen-bond donors (Lipinski definition) is 1. The molecule has 23 heavy (non-hydrogen) atoms. The van der Waals surface area contributed by atoms with Crippen molar-refractivity contribution in [2.75, 3.05) is 12.4 Å². The predicted octanol–water partition coefficient (Wildman–Crippen LogP) is 1.60. The highest BCUT2D eigenvalue weighted by atomic mass is 16.5. The molecule has 0 bridgehead atoms. The van der Waals surface area contributed by atoms with Gasteiger partial charge in [0.25, 0.3) is 5.91 Å². The van der Waals surface area contributed by atoms with Crippen molar-refractivity contribution >= 4 is 23.3 Å². The minimum absolute atomic E-state index is 0.0244. The molecule has 1 amide bonds. The maximum Gasteiger partial charge on any atom is 0.339 e. The maximum atomic E-state index is 12.2. The Morgan fingerprint density at radius 3 is 2.57 bits per heavy atom. The van der Waals surface area contributed by atoms with Crippen molar-refractivity contribution in [3.63, 3.8) is 0 Å². The van der Waals surface area contributed by atoms with Crippen LogP contribution in [0.4, 0.5) is 5.69 Å². The first kappa shape index (κ1) is 16.4. The number of ketones is 1. The van der Waals surface area contributed by atoms with Gasteiger partial charge in [-0.05, 0) is 25.1 Å². The van der Waals surface area contributed by atoms with Gasteiger partial charge in [0.05, 0.1) is 23.9 Å². The Kier molecular flexibility index (Phi) is 5.19. The molecule has 0 aliphatic carbocycles. The average molecular weight is 313 g/mol. The van der Waals surface area contributed by atoms with Crippen LogP contribution in [0.1, 0.15) is 27.6 Å². The van der Waals surface area contributed by atoms with Crippen LogP contribution >= 0.6 is 0 Å². The second kappa shape index (κ2) is 7.31. The lowest BCUT2D eigenvalue weighted by molar-refractivity contribution is -0.684. The Morgan fingerprint density at radius 2 is 1.87 bits per heavy atom. The first-order valence-corrected chi connectivity index (χ1v) is 6.98. The number of anilines is 1. The molecule has 1 heterocycles. The third-order valence-electron chi connectivity index (χ3n) is 3.20. The Labute approximate surface area is 133 Å². The summed E-state index contributed by atoms with van der Waals surface area (Å²) in [4.78, 5) is 35.2. The molecule has 6 nitrogen and oxygen atoms in total. The van der Waals surface area contributed by atoms with Crippen molar-refractivity contribution in [2.45, 2.75) is 13.5 Å². The lowest BCUT2D eigenvalue weighted by atomic mass is 10.2. The molecular weight excluding hydrogens is 296 g/mol. The fourth-order valence-corrected chi connectivity index (χ4v) is 2.06. The van der Waals surface area contributed by atoms with Crippen molar-refractivity contribution < 1.29 is 23.7 Å². The van der Waals surface area contributed by atoms with Gasteiger partial charge in [-0.15, -0.1) is 0 Å². The number of para-hydroxylation sites is 1. The normalized spacial score (nSPS) is 10.0. The molecule has 0 saturated carbocycles. The molecule has 1 aromatic carbocycles. The van der Waals surface area contributed by atoms with Crippen LogP contribution in [0.2, 0.25) is 0 Å². The van der Waals surface area contributed by atoms with E-state index in [-0.39, 0.29) is 23.8 Å². The van der Waals surface area contributed by atoms with E-state index in [4.69, 9.17) is 0 Å². The van der Waals surface area contributed by atoms with Crippen LogP contribution in [0.25, 0.3) is 0 Å². The Hall–Kier alpha value is -3.02. The highest BCUT2D eigenvalue weighted by molar-refractivity contribution is 6.00. The quantitative estimate of drug-likeness (QED) is 0.517. The van der Waals surface area contributed by atoms with E-state index < -0.39 is 5.97 Å². The van der Waals surface area contributed by atoms with E-state index in [0.717, 1.165) is 0 Å². The number of nitrogens with one attached hydrogen (secondary N) is 1. The molecule has 0 aliphatic heterocycles. The van der Waals surface area contributed by atoms with Gasteiger partial charge in [-0.2, -0.15) is 4.57 Å². The number of ether oxygens (including phenoxy) is 1. The van der Waals surface area contributed by atoms with Crippen LogP contribution < -0.4 is 9.88 Å². The number of nitrogens with zero attached hydrogens (tertiary/aromatic N) is 1. The topological polar surface area (TPSA) is 76.3 Å². The highest BCUT2D eigenvalue weighted by Crippen LogP contribution is 2.15. The number of esters is 1. The van der Waals surface area contributed by atoms with Crippen molar-refractivity contribution in [1.82, 2.24) is 0 Å². The van der Waals surface area contributed by atoms with Crippen LogP contribution in [-0.2, 0) is 16.1 Å². The largest absolute Gasteiger partial charge is 0.465 e. The summed E-state index contributed by atoms with van der Waals surface area (Å²) in [6, 6.07) is 9.99. The summed E-state index contributed by atoms with van der Waals surface area (Å²) < 4.78 is 6.29. The van der Waals surface area contributed by atoms with Gasteiger partial charge in [-0.25, -0.2) is 4.79 Å². The molecule has 0 saturated heterocycles. The third-order valence-corrected chi connectivity index (χ3v) is 3.20. The zero-order valence-corrected chi connectivity index (χ0v) is 12.9. The van der Waals surface area contributed by atoms with E-state index in [2.05, 4.69) is 10.1 Å². The molecule has 2 aromatic rings. The van der Waals surface area contributed by atoms with Gasteiger partial charge in [-0.1, -0.05) is 12.1 Å². The Bertz CT molecular complexity index is 756. The van der Waals surface area contributed by atoms with Crippen molar-refractivity contribution in [3.05, 3.63) is 59.9 Å². The molecular formula is C17H17N2O4+. The van der Waals surface area contributed by atoms with E-state index in [0.29, 0.717) is 11.3 Å². The number of carbonyl (C=O) groups excluding carboxylic acids is 3. The number of Topliss-reactive ketones (excluding diaryl/α,β-unsaturated/α-hetero) is 1. The smallest absolute Gasteiger partial charge is 0.339 e. The monoisotopic (exact) mass is 313 g/mol. The van der Waals surface area contributed by atoms with E-state index in [9.17, 15) is 14.4 Å². The summed E-state index contributed by atoms with van der Waals surface area (Å²) in [5.41, 5.74) is 1.19. The van der Waals surface area contributed by atoms with Crippen molar-refractivity contribution in [3.8, 4) is 0 Å². The first-order chi connectivity index (χ1) is 11.0. The summed E-state index contributed by atoms with van der Waals surface area (Å²) >= 11 is 0. The number of aromatic nitrogens is 1. The SMILES string of the molecule is COC(=O)c1ccccc1NC(=O)C[n+]1cccc(C(C)=O)c1. The van der Waals surface area contributed by atoms with Gasteiger partial charge in [0.2, 0.25) is 6.54 Å². The zero-order chi connectivity index (χ0) is 16.8. The lowest BCUT2D eigenvalue weighted by Crippen LogP contribution is -2.40. The second-order valence-electron chi connectivity index (χ2n) is 4.91. The number of amides is 1. The van der Waals surface area contributed by atoms with E-state index >= 15 is 0 Å². The van der Waals surface area contributed by atoms with Gasteiger partial charge in [0, 0.05) is 6.07 Å². The van der Waals surface area contributed by atoms with Crippen LogP contribution in [0.15, 0.2) is 48.8 Å². The fourth-order valence-electron chi connectivity index (χ4n) is 2.06. The van der Waals surface area contributed by atoms with Gasteiger partial charge < -0.3 is 10.1 Å². The number of carbonyl (C=O) groups is 3. The maximum absolute atomic E-state index is 12.2. The summed E-state index contributed by atoms with van der Waals surface area (Å²) in [5.74, 6) is -0.907. The minimum Gasteiger partial charge on any atom is -0.465 e. The number of benzene rings is 1. The van der Waals surface area contributed by atoms with Crippen molar-refractivity contribution in [2.24, 2.45) is 0 Å². The molecule has 0 atom stereocenters. The zero-order valence-electron chi connectivity index (χ0n) is 12.9. The fraction of sp³-hybridized carbons (Fsp3) is 0.176. The summed E-state index contributed by atoms with van der Waals surface area (Å²) in [5, 5.41) is 2.68. The van der Waals surface area contributed by atoms with Gasteiger partial charge >= 0.3 is 5.97 Å². The van der Waals surface area contributed by atoms with E-state index in [1.807, 2.05) is 0 Å². The molecule has 0 radical (unpaired) electrons. The van der Waals surface area contributed by atoms with E-state index in [1.165, 1.54) is 14.0 Å². The Balaban J connectivity index is 2.13. The van der Waals surface area contributed by atoms with Crippen LogP contribution in [0.3, 0.4) is 0 Å². The van der Waals surface area contributed by atoms with Gasteiger partial charge in [-0.3, -0.25) is 9.59 Å².